The number of hydrogen-bond donors (Lipinski definition) is 2. The Morgan fingerprint density at radius 2 is 2.05 bits per heavy atom. The molecule has 0 atom stereocenters. The average Bonchev–Trinajstić information content (AvgIpc) is 2.97. The Kier molecular flexibility index (Phi) is 5.09. The molecule has 1 aliphatic rings. The lowest BCUT2D eigenvalue weighted by atomic mass is 10.2. The van der Waals surface area contributed by atoms with Crippen molar-refractivity contribution < 1.29 is 9.59 Å². The van der Waals surface area contributed by atoms with Crippen molar-refractivity contribution in [2.45, 2.75) is 45.1 Å². The number of nitrogens with one attached hydrogen (secondary N) is 2. The maximum atomic E-state index is 12.1. The minimum atomic E-state index is -0.234. The highest BCUT2D eigenvalue weighted by molar-refractivity contribution is 5.98. The maximum absolute atomic E-state index is 12.1. The number of rotatable bonds is 5. The van der Waals surface area contributed by atoms with E-state index in [-0.39, 0.29) is 23.6 Å². The zero-order valence-corrected chi connectivity index (χ0v) is 11.8. The molecule has 0 saturated heterocycles. The molecule has 0 spiro atoms. The number of aromatic nitrogens is 1. The molecule has 2 rings (SSSR count). The number of carbonyl (C=O) groups is 2. The smallest absolute Gasteiger partial charge is 0.269 e. The van der Waals surface area contributed by atoms with Crippen LogP contribution in [0.4, 0.5) is 0 Å². The van der Waals surface area contributed by atoms with E-state index in [0.717, 1.165) is 19.3 Å². The molecule has 1 aromatic rings. The Morgan fingerprint density at radius 1 is 1.30 bits per heavy atom. The summed E-state index contributed by atoms with van der Waals surface area (Å²) in [6.45, 7) is 2.60. The van der Waals surface area contributed by atoms with E-state index in [9.17, 15) is 9.59 Å². The second-order valence-corrected chi connectivity index (χ2v) is 5.14. The third-order valence-electron chi connectivity index (χ3n) is 3.48. The molecule has 1 heterocycles. The van der Waals surface area contributed by atoms with E-state index in [1.807, 2.05) is 6.92 Å². The van der Waals surface area contributed by atoms with Gasteiger partial charge in [0.1, 0.15) is 5.69 Å². The summed E-state index contributed by atoms with van der Waals surface area (Å²) < 4.78 is 0. The summed E-state index contributed by atoms with van der Waals surface area (Å²) in [5.41, 5.74) is 0.783. The molecule has 0 aliphatic heterocycles. The minimum Gasteiger partial charge on any atom is -0.351 e. The largest absolute Gasteiger partial charge is 0.351 e. The third kappa shape index (κ3) is 3.79. The zero-order valence-electron chi connectivity index (χ0n) is 11.8. The normalized spacial score (nSPS) is 15.1. The summed E-state index contributed by atoms with van der Waals surface area (Å²) in [5, 5.41) is 5.76. The van der Waals surface area contributed by atoms with E-state index in [1.165, 1.54) is 19.0 Å². The van der Waals surface area contributed by atoms with E-state index < -0.39 is 0 Å². The first kappa shape index (κ1) is 14.5. The maximum Gasteiger partial charge on any atom is 0.269 e. The van der Waals surface area contributed by atoms with Gasteiger partial charge in [-0.1, -0.05) is 19.8 Å². The van der Waals surface area contributed by atoms with Crippen molar-refractivity contribution in [3.05, 3.63) is 29.6 Å². The predicted octanol–water partition coefficient (Wildman–Crippen LogP) is 1.89. The molecule has 1 aromatic heterocycles. The van der Waals surface area contributed by atoms with Crippen LogP contribution in [0.3, 0.4) is 0 Å². The molecule has 5 heteroatoms. The van der Waals surface area contributed by atoms with Gasteiger partial charge in [-0.05, 0) is 31.4 Å². The number of amides is 2. The monoisotopic (exact) mass is 275 g/mol. The lowest BCUT2D eigenvalue weighted by Gasteiger charge is -2.12. The highest BCUT2D eigenvalue weighted by atomic mass is 16.2. The molecule has 5 nitrogen and oxygen atoms in total. The molecule has 20 heavy (non-hydrogen) atoms. The standard InChI is InChI=1S/C15H21N3O2/c1-2-8-17-15(20)13-10-11(7-9-16-13)14(19)18-12-5-3-4-6-12/h7,9-10,12H,2-6,8H2,1H3,(H,17,20)(H,18,19). The van der Waals surface area contributed by atoms with Crippen LogP contribution in [-0.2, 0) is 0 Å². The summed E-state index contributed by atoms with van der Waals surface area (Å²) in [6, 6.07) is 3.46. The van der Waals surface area contributed by atoms with Gasteiger partial charge < -0.3 is 10.6 Å². The SMILES string of the molecule is CCCNC(=O)c1cc(C(=O)NC2CCCC2)ccn1. The van der Waals surface area contributed by atoms with Crippen LogP contribution in [0.15, 0.2) is 18.3 Å². The van der Waals surface area contributed by atoms with Gasteiger partial charge in [0.25, 0.3) is 11.8 Å². The van der Waals surface area contributed by atoms with Gasteiger partial charge in [0.15, 0.2) is 0 Å². The molecule has 0 radical (unpaired) electrons. The fraction of sp³-hybridized carbons (Fsp3) is 0.533. The number of nitrogens with zero attached hydrogens (tertiary/aromatic N) is 1. The molecule has 0 aromatic carbocycles. The minimum absolute atomic E-state index is 0.121. The summed E-state index contributed by atoms with van der Waals surface area (Å²) in [5.74, 6) is -0.355. The van der Waals surface area contributed by atoms with Gasteiger partial charge in [0.2, 0.25) is 0 Å². The van der Waals surface area contributed by atoms with Crippen molar-refractivity contribution in [2.75, 3.05) is 6.54 Å². The van der Waals surface area contributed by atoms with E-state index in [2.05, 4.69) is 15.6 Å². The summed E-state index contributed by atoms with van der Waals surface area (Å²) in [7, 11) is 0. The van der Waals surface area contributed by atoms with Gasteiger partial charge in [-0.25, -0.2) is 0 Å². The lowest BCUT2D eigenvalue weighted by Crippen LogP contribution is -2.33. The van der Waals surface area contributed by atoms with Crippen molar-refractivity contribution in [3.63, 3.8) is 0 Å². The van der Waals surface area contributed by atoms with Crippen molar-refractivity contribution in [2.24, 2.45) is 0 Å². The van der Waals surface area contributed by atoms with E-state index in [1.54, 1.807) is 12.1 Å². The first-order chi connectivity index (χ1) is 9.70. The molecule has 2 N–H and O–H groups in total. The second kappa shape index (κ2) is 7.03. The first-order valence-electron chi connectivity index (χ1n) is 7.26. The Labute approximate surface area is 119 Å². The molecule has 1 fully saturated rings. The molecular formula is C15H21N3O2. The number of carbonyl (C=O) groups excluding carboxylic acids is 2. The van der Waals surface area contributed by atoms with E-state index in [4.69, 9.17) is 0 Å². The quantitative estimate of drug-likeness (QED) is 0.862. The topological polar surface area (TPSA) is 71.1 Å². The van der Waals surface area contributed by atoms with Gasteiger partial charge in [0, 0.05) is 24.3 Å². The van der Waals surface area contributed by atoms with Crippen molar-refractivity contribution in [3.8, 4) is 0 Å². The lowest BCUT2D eigenvalue weighted by molar-refractivity contribution is 0.0937. The first-order valence-corrected chi connectivity index (χ1v) is 7.26. The van der Waals surface area contributed by atoms with Crippen LogP contribution in [0, 0.1) is 0 Å². The Bertz CT molecular complexity index is 482. The predicted molar refractivity (Wildman–Crippen MR) is 76.6 cm³/mol. The van der Waals surface area contributed by atoms with Crippen LogP contribution in [0.1, 0.15) is 59.9 Å². The fourth-order valence-electron chi connectivity index (χ4n) is 2.36. The highest BCUT2D eigenvalue weighted by Crippen LogP contribution is 2.18. The molecule has 108 valence electrons. The van der Waals surface area contributed by atoms with Crippen molar-refractivity contribution >= 4 is 11.8 Å². The number of hydrogen-bond acceptors (Lipinski definition) is 3. The fourth-order valence-corrected chi connectivity index (χ4v) is 2.36. The summed E-state index contributed by atoms with van der Waals surface area (Å²) in [4.78, 5) is 28.0. The van der Waals surface area contributed by atoms with Gasteiger partial charge in [-0.15, -0.1) is 0 Å². The van der Waals surface area contributed by atoms with Gasteiger partial charge in [0.05, 0.1) is 0 Å². The Balaban J connectivity index is 2.00. The summed E-state index contributed by atoms with van der Waals surface area (Å²) in [6.07, 6.45) is 6.80. The van der Waals surface area contributed by atoms with E-state index >= 15 is 0 Å². The van der Waals surface area contributed by atoms with Gasteiger partial charge >= 0.3 is 0 Å². The van der Waals surface area contributed by atoms with Crippen molar-refractivity contribution in [1.82, 2.24) is 15.6 Å². The van der Waals surface area contributed by atoms with Crippen LogP contribution in [0.2, 0.25) is 0 Å². The molecule has 0 unspecified atom stereocenters. The van der Waals surface area contributed by atoms with Crippen LogP contribution in [-0.4, -0.2) is 29.4 Å². The summed E-state index contributed by atoms with van der Waals surface area (Å²) >= 11 is 0. The molecular weight excluding hydrogens is 254 g/mol. The van der Waals surface area contributed by atoms with Crippen LogP contribution >= 0.6 is 0 Å². The van der Waals surface area contributed by atoms with Gasteiger partial charge in [-0.3, -0.25) is 14.6 Å². The molecule has 1 aliphatic carbocycles. The second-order valence-electron chi connectivity index (χ2n) is 5.14. The van der Waals surface area contributed by atoms with Gasteiger partial charge in [-0.2, -0.15) is 0 Å². The zero-order chi connectivity index (χ0) is 14.4. The third-order valence-corrected chi connectivity index (χ3v) is 3.48. The van der Waals surface area contributed by atoms with Crippen molar-refractivity contribution in [1.29, 1.82) is 0 Å². The Morgan fingerprint density at radius 3 is 2.75 bits per heavy atom. The van der Waals surface area contributed by atoms with Crippen LogP contribution in [0.5, 0.6) is 0 Å². The van der Waals surface area contributed by atoms with E-state index in [0.29, 0.717) is 12.1 Å². The molecule has 1 saturated carbocycles. The average molecular weight is 275 g/mol. The highest BCUT2D eigenvalue weighted by Gasteiger charge is 2.18. The number of pyridine rings is 1. The van der Waals surface area contributed by atoms with Crippen LogP contribution in [0.25, 0.3) is 0 Å². The Hall–Kier alpha value is -1.91. The van der Waals surface area contributed by atoms with Crippen LogP contribution < -0.4 is 10.6 Å². The molecule has 0 bridgehead atoms. The molecule has 2 amide bonds.